The monoisotopic (exact) mass is 509 g/mol. The van der Waals surface area contributed by atoms with E-state index < -0.39 is 35.5 Å². The molecule has 4 heterocycles. The van der Waals surface area contributed by atoms with Crippen LogP contribution in [0.25, 0.3) is 0 Å². The summed E-state index contributed by atoms with van der Waals surface area (Å²) in [6.45, 7) is 0. The molecule has 0 saturated carbocycles. The quantitative estimate of drug-likeness (QED) is 0.203. The third-order valence-electron chi connectivity index (χ3n) is 5.01. The molecule has 3 aliphatic heterocycles. The fourth-order valence-corrected chi connectivity index (χ4v) is 5.34. The van der Waals surface area contributed by atoms with Crippen molar-refractivity contribution in [2.45, 2.75) is 30.4 Å². The van der Waals surface area contributed by atoms with E-state index in [1.807, 2.05) is 0 Å². The molecule has 0 aliphatic carbocycles. The number of carbonyl (C=O) groups excluding carboxylic acids is 3. The number of rotatable bonds is 7. The lowest BCUT2D eigenvalue weighted by Gasteiger charge is -2.48. The number of nitrogens with one attached hydrogen (secondary N) is 1. The molecular formula is C19H19N5O8S2. The minimum Gasteiger partial charge on any atom is -0.458 e. The van der Waals surface area contributed by atoms with Gasteiger partial charge < -0.3 is 30.5 Å². The largest absolute Gasteiger partial charge is 0.512 e. The molecule has 0 bridgehead atoms. The van der Waals surface area contributed by atoms with Crippen molar-refractivity contribution in [3.8, 4) is 0 Å². The number of anilines is 1. The standard InChI is InChI=1S/C19H19N5O8S2/c1-30-23-12(10-7-34-18(20)21-10)14(26)22-13-15(27)24-16(32-19(28)29)8(6-33-17(13)24)2-3-9-4-5-11(25)31-9/h2-3,7,9,13,17H,4-6H2,1H3,(H2,20,21)(H,22,26)(H,28,29)/b3-2+,23-12-/t9?,13-,17+/m1/s1. The van der Waals surface area contributed by atoms with Gasteiger partial charge in [-0.3, -0.25) is 19.3 Å². The summed E-state index contributed by atoms with van der Waals surface area (Å²) in [6, 6.07) is -0.954. The van der Waals surface area contributed by atoms with Crippen LogP contribution in [0.5, 0.6) is 0 Å². The number of hydrogen-bond acceptors (Lipinski definition) is 12. The van der Waals surface area contributed by atoms with E-state index >= 15 is 0 Å². The zero-order valence-corrected chi connectivity index (χ0v) is 19.3. The lowest BCUT2D eigenvalue weighted by Crippen LogP contribution is -2.70. The van der Waals surface area contributed by atoms with E-state index in [-0.39, 0.29) is 28.4 Å². The molecule has 0 radical (unpaired) electrons. The van der Waals surface area contributed by atoms with Crippen molar-refractivity contribution >= 4 is 57.9 Å². The first-order chi connectivity index (χ1) is 16.3. The third kappa shape index (κ3) is 4.70. The van der Waals surface area contributed by atoms with E-state index in [4.69, 9.17) is 20.0 Å². The maximum absolute atomic E-state index is 12.9. The molecule has 2 saturated heterocycles. The predicted octanol–water partition coefficient (Wildman–Crippen LogP) is 0.644. The van der Waals surface area contributed by atoms with Crippen LogP contribution >= 0.6 is 23.1 Å². The highest BCUT2D eigenvalue weighted by atomic mass is 32.2. The number of β-lactam (4-membered cyclic amide) rings is 1. The Morgan fingerprint density at radius 1 is 1.44 bits per heavy atom. The van der Waals surface area contributed by atoms with E-state index in [2.05, 4.69) is 15.5 Å². The van der Waals surface area contributed by atoms with Gasteiger partial charge in [-0.05, 0) is 12.5 Å². The van der Waals surface area contributed by atoms with Gasteiger partial charge in [0.05, 0.1) is 0 Å². The average molecular weight is 510 g/mol. The van der Waals surface area contributed by atoms with Crippen molar-refractivity contribution in [3.05, 3.63) is 34.7 Å². The minimum absolute atomic E-state index is 0.148. The molecule has 2 amide bonds. The van der Waals surface area contributed by atoms with E-state index in [1.54, 1.807) is 12.2 Å². The van der Waals surface area contributed by atoms with E-state index in [1.165, 1.54) is 29.2 Å². The minimum atomic E-state index is -1.59. The maximum atomic E-state index is 12.9. The van der Waals surface area contributed by atoms with E-state index in [0.29, 0.717) is 24.2 Å². The topological polar surface area (TPSA) is 183 Å². The number of hydrogen-bond donors (Lipinski definition) is 3. The number of thiazole rings is 1. The Balaban J connectivity index is 1.51. The van der Waals surface area contributed by atoms with Gasteiger partial charge in [0, 0.05) is 23.1 Å². The van der Waals surface area contributed by atoms with Crippen LogP contribution in [0.3, 0.4) is 0 Å². The zero-order valence-electron chi connectivity index (χ0n) is 17.6. The molecule has 180 valence electrons. The summed E-state index contributed by atoms with van der Waals surface area (Å²) >= 11 is 2.42. The molecule has 1 aromatic rings. The number of amides is 2. The molecule has 1 unspecified atom stereocenters. The molecule has 3 aliphatic rings. The first-order valence-corrected chi connectivity index (χ1v) is 11.8. The van der Waals surface area contributed by atoms with Gasteiger partial charge in [0.1, 0.15) is 30.3 Å². The van der Waals surface area contributed by atoms with Crippen LogP contribution in [0.2, 0.25) is 0 Å². The highest BCUT2D eigenvalue weighted by Gasteiger charge is 2.54. The Morgan fingerprint density at radius 3 is 2.85 bits per heavy atom. The van der Waals surface area contributed by atoms with Crippen molar-refractivity contribution < 1.29 is 38.6 Å². The Labute approximate surface area is 200 Å². The fraction of sp³-hybridized carbons (Fsp3) is 0.368. The van der Waals surface area contributed by atoms with Gasteiger partial charge in [0.15, 0.2) is 10.8 Å². The van der Waals surface area contributed by atoms with Crippen LogP contribution in [0.4, 0.5) is 9.93 Å². The summed E-state index contributed by atoms with van der Waals surface area (Å²) < 4.78 is 10.0. The average Bonchev–Trinajstić information content (AvgIpc) is 3.41. The normalized spacial score (nSPS) is 24.6. The Bertz CT molecular complexity index is 1130. The molecule has 13 nitrogen and oxygen atoms in total. The number of oxime groups is 1. The number of carbonyl (C=O) groups is 4. The number of nitrogens with zero attached hydrogens (tertiary/aromatic N) is 3. The summed E-state index contributed by atoms with van der Waals surface area (Å²) in [5.74, 6) is -1.43. The molecule has 1 aromatic heterocycles. The van der Waals surface area contributed by atoms with Crippen molar-refractivity contribution in [2.75, 3.05) is 18.6 Å². The zero-order chi connectivity index (χ0) is 24.4. The highest BCUT2D eigenvalue weighted by molar-refractivity contribution is 8.00. The second-order valence-electron chi connectivity index (χ2n) is 7.18. The molecule has 34 heavy (non-hydrogen) atoms. The van der Waals surface area contributed by atoms with Crippen LogP contribution in [0, 0.1) is 0 Å². The van der Waals surface area contributed by atoms with Gasteiger partial charge in [-0.25, -0.2) is 9.78 Å². The molecule has 2 fully saturated rings. The maximum Gasteiger partial charge on any atom is 0.512 e. The molecule has 0 spiro atoms. The molecule has 4 N–H and O–H groups in total. The van der Waals surface area contributed by atoms with Crippen LogP contribution in [0.15, 0.2) is 34.1 Å². The third-order valence-corrected chi connectivity index (χ3v) is 6.98. The molecule has 0 aromatic carbocycles. The molecule has 15 heteroatoms. The van der Waals surface area contributed by atoms with E-state index in [0.717, 1.165) is 11.3 Å². The fourth-order valence-electron chi connectivity index (χ4n) is 3.50. The number of ether oxygens (including phenoxy) is 2. The van der Waals surface area contributed by atoms with Crippen molar-refractivity contribution in [1.82, 2.24) is 15.2 Å². The Hall–Kier alpha value is -3.59. The number of carboxylic acid groups (broad SMARTS) is 1. The number of allylic oxidation sites excluding steroid dienone is 1. The van der Waals surface area contributed by atoms with Gasteiger partial charge >= 0.3 is 12.1 Å². The van der Waals surface area contributed by atoms with Crippen LogP contribution in [-0.4, -0.2) is 75.0 Å². The number of nitrogens with two attached hydrogens (primary N) is 1. The number of fused-ring (bicyclic) bond motifs is 1. The van der Waals surface area contributed by atoms with Crippen molar-refractivity contribution in [1.29, 1.82) is 0 Å². The summed E-state index contributed by atoms with van der Waals surface area (Å²) in [7, 11) is 1.26. The first kappa shape index (κ1) is 23.6. The van der Waals surface area contributed by atoms with Crippen molar-refractivity contribution in [2.24, 2.45) is 5.16 Å². The summed E-state index contributed by atoms with van der Waals surface area (Å²) in [4.78, 5) is 58.1. The van der Waals surface area contributed by atoms with Gasteiger partial charge in [0.25, 0.3) is 11.8 Å². The number of esters is 1. The van der Waals surface area contributed by atoms with Crippen LogP contribution in [-0.2, 0) is 28.7 Å². The van der Waals surface area contributed by atoms with E-state index in [9.17, 15) is 24.3 Å². The first-order valence-electron chi connectivity index (χ1n) is 9.88. The summed E-state index contributed by atoms with van der Waals surface area (Å²) in [5, 5.41) is 16.6. The van der Waals surface area contributed by atoms with Crippen LogP contribution in [0.1, 0.15) is 18.5 Å². The lowest BCUT2D eigenvalue weighted by molar-refractivity contribution is -0.148. The highest BCUT2D eigenvalue weighted by Crippen LogP contribution is 2.41. The second kappa shape index (κ2) is 9.72. The van der Waals surface area contributed by atoms with Gasteiger partial charge in [-0.1, -0.05) is 11.2 Å². The van der Waals surface area contributed by atoms with Crippen molar-refractivity contribution in [3.63, 3.8) is 0 Å². The summed E-state index contributed by atoms with van der Waals surface area (Å²) in [6.07, 6.45) is 2.02. The SMILES string of the molecule is CO/N=C(\C(=O)N[C@@H]1C(=O)N2C(OC(=O)O)=C(/C=C/C3CCC(=O)O3)CS[C@@H]12)c1csc(N)n1. The van der Waals surface area contributed by atoms with Gasteiger partial charge in [-0.15, -0.1) is 23.1 Å². The number of aromatic nitrogens is 1. The Morgan fingerprint density at radius 2 is 2.24 bits per heavy atom. The number of nitrogen functional groups attached to an aromatic ring is 1. The number of thioether (sulfide) groups is 1. The molecule has 4 rings (SSSR count). The van der Waals surface area contributed by atoms with Gasteiger partial charge in [0.2, 0.25) is 5.88 Å². The second-order valence-corrected chi connectivity index (χ2v) is 9.17. The number of cyclic esters (lactones) is 1. The smallest absolute Gasteiger partial charge is 0.458 e. The van der Waals surface area contributed by atoms with Crippen LogP contribution < -0.4 is 11.1 Å². The Kier molecular flexibility index (Phi) is 6.74. The molecular weight excluding hydrogens is 490 g/mol. The predicted molar refractivity (Wildman–Crippen MR) is 119 cm³/mol. The molecule has 3 atom stereocenters. The summed E-state index contributed by atoms with van der Waals surface area (Å²) in [5.41, 5.74) is 6.09. The van der Waals surface area contributed by atoms with Gasteiger partial charge in [-0.2, -0.15) is 0 Å². The lowest BCUT2D eigenvalue weighted by atomic mass is 10.0.